The van der Waals surface area contributed by atoms with Gasteiger partial charge in [0.15, 0.2) is 11.5 Å². The van der Waals surface area contributed by atoms with Gasteiger partial charge in [-0.3, -0.25) is 0 Å². The Labute approximate surface area is 208 Å². The van der Waals surface area contributed by atoms with Crippen molar-refractivity contribution in [3.63, 3.8) is 0 Å². The fourth-order valence-corrected chi connectivity index (χ4v) is 4.96. The van der Waals surface area contributed by atoms with Crippen LogP contribution in [0.2, 0.25) is 0 Å². The van der Waals surface area contributed by atoms with Gasteiger partial charge in [0.2, 0.25) is 5.89 Å². The molecule has 0 bridgehead atoms. The molecule has 0 spiro atoms. The first-order chi connectivity index (χ1) is 17.2. The van der Waals surface area contributed by atoms with Crippen molar-refractivity contribution in [2.24, 2.45) is 0 Å². The summed E-state index contributed by atoms with van der Waals surface area (Å²) in [5.74, 6) is 0.906. The number of nitrogens with two attached hydrogens (primary N) is 1. The van der Waals surface area contributed by atoms with Gasteiger partial charge in [-0.25, -0.2) is 9.97 Å². The number of aromatic nitrogens is 4. The third-order valence-corrected chi connectivity index (χ3v) is 7.18. The van der Waals surface area contributed by atoms with E-state index >= 15 is 0 Å². The van der Waals surface area contributed by atoms with Crippen molar-refractivity contribution in [1.29, 1.82) is 0 Å². The molecule has 8 nitrogen and oxygen atoms in total. The van der Waals surface area contributed by atoms with E-state index in [0.717, 1.165) is 50.3 Å². The average Bonchev–Trinajstić information content (AvgIpc) is 3.39. The van der Waals surface area contributed by atoms with Gasteiger partial charge in [0.25, 0.3) is 5.89 Å². The lowest BCUT2D eigenvalue weighted by atomic mass is 10.1. The summed E-state index contributed by atoms with van der Waals surface area (Å²) in [7, 11) is 0. The van der Waals surface area contributed by atoms with Crippen LogP contribution in [-0.4, -0.2) is 45.2 Å². The summed E-state index contributed by atoms with van der Waals surface area (Å²) in [4.78, 5) is 10.3. The van der Waals surface area contributed by atoms with Gasteiger partial charge in [0.05, 0.1) is 11.9 Å². The number of benzene rings is 2. The highest BCUT2D eigenvalue weighted by molar-refractivity contribution is 8.00. The SMILES string of the molecule is CCNCc1ccc(-c2nnc(-c3nc(-c4ccc(SC5CCOCC5)cc4)cnc3N)o2)cc1. The van der Waals surface area contributed by atoms with E-state index in [9.17, 15) is 0 Å². The molecule has 0 atom stereocenters. The number of nitrogens with one attached hydrogen (secondary N) is 1. The predicted octanol–water partition coefficient (Wildman–Crippen LogP) is 4.82. The largest absolute Gasteiger partial charge is 0.414 e. The first-order valence-electron chi connectivity index (χ1n) is 11.8. The average molecular weight is 489 g/mol. The molecular formula is C26H28N6O2S. The number of hydrogen-bond donors (Lipinski definition) is 2. The Morgan fingerprint density at radius 1 is 0.971 bits per heavy atom. The quantitative estimate of drug-likeness (QED) is 0.360. The predicted molar refractivity (Wildman–Crippen MR) is 138 cm³/mol. The second-order valence-electron chi connectivity index (χ2n) is 8.33. The summed E-state index contributed by atoms with van der Waals surface area (Å²) in [5, 5.41) is 12.3. The fraction of sp³-hybridized carbons (Fsp3) is 0.308. The second-order valence-corrected chi connectivity index (χ2v) is 9.71. The lowest BCUT2D eigenvalue weighted by Crippen LogP contribution is -2.17. The summed E-state index contributed by atoms with van der Waals surface area (Å²) < 4.78 is 11.4. The van der Waals surface area contributed by atoms with Crippen LogP contribution in [0.25, 0.3) is 34.3 Å². The molecule has 3 heterocycles. The Balaban J connectivity index is 1.33. The van der Waals surface area contributed by atoms with E-state index in [2.05, 4.69) is 51.7 Å². The van der Waals surface area contributed by atoms with Crippen LogP contribution in [0, 0.1) is 0 Å². The third kappa shape index (κ3) is 5.70. The van der Waals surface area contributed by atoms with Gasteiger partial charge >= 0.3 is 0 Å². The molecule has 1 aliphatic heterocycles. The number of ether oxygens (including phenoxy) is 1. The van der Waals surface area contributed by atoms with Crippen LogP contribution in [0.15, 0.2) is 64.0 Å². The lowest BCUT2D eigenvalue weighted by Gasteiger charge is -2.21. The normalized spacial score (nSPS) is 14.3. The van der Waals surface area contributed by atoms with Gasteiger partial charge in [-0.05, 0) is 49.2 Å². The van der Waals surface area contributed by atoms with Crippen LogP contribution >= 0.6 is 11.8 Å². The maximum Gasteiger partial charge on any atom is 0.270 e. The number of thioether (sulfide) groups is 1. The Morgan fingerprint density at radius 2 is 1.69 bits per heavy atom. The van der Waals surface area contributed by atoms with Gasteiger partial charge in [-0.15, -0.1) is 22.0 Å². The maximum absolute atomic E-state index is 6.12. The van der Waals surface area contributed by atoms with Gasteiger partial charge < -0.3 is 20.2 Å². The minimum Gasteiger partial charge on any atom is -0.414 e. The highest BCUT2D eigenvalue weighted by Gasteiger charge is 2.18. The first-order valence-corrected chi connectivity index (χ1v) is 12.7. The number of nitrogen functional groups attached to an aromatic ring is 1. The van der Waals surface area contributed by atoms with Crippen LogP contribution in [0.5, 0.6) is 0 Å². The summed E-state index contributed by atoms with van der Waals surface area (Å²) in [6.45, 7) is 5.52. The minimum atomic E-state index is 0.246. The Hall–Kier alpha value is -3.27. The zero-order chi connectivity index (χ0) is 24.0. The number of rotatable bonds is 8. The van der Waals surface area contributed by atoms with E-state index in [0.29, 0.717) is 22.5 Å². The van der Waals surface area contributed by atoms with Gasteiger partial charge in [0, 0.05) is 41.0 Å². The van der Waals surface area contributed by atoms with Crippen molar-refractivity contribution in [2.75, 3.05) is 25.5 Å². The molecule has 1 aliphatic rings. The molecule has 3 N–H and O–H groups in total. The first kappa shape index (κ1) is 23.5. The smallest absolute Gasteiger partial charge is 0.270 e. The molecule has 4 aromatic rings. The zero-order valence-electron chi connectivity index (χ0n) is 19.6. The second kappa shape index (κ2) is 11.0. The van der Waals surface area contributed by atoms with Gasteiger partial charge in [-0.1, -0.05) is 31.2 Å². The Kier molecular flexibility index (Phi) is 7.37. The number of hydrogen-bond acceptors (Lipinski definition) is 9. The van der Waals surface area contributed by atoms with Crippen molar-refractivity contribution >= 4 is 17.6 Å². The summed E-state index contributed by atoms with van der Waals surface area (Å²) >= 11 is 1.90. The zero-order valence-corrected chi connectivity index (χ0v) is 20.4. The van der Waals surface area contributed by atoms with Crippen LogP contribution in [0.4, 0.5) is 5.82 Å². The fourth-order valence-electron chi connectivity index (χ4n) is 3.86. The Bertz CT molecular complexity index is 1250. The van der Waals surface area contributed by atoms with Crippen molar-refractivity contribution in [3.05, 3.63) is 60.3 Å². The topological polar surface area (TPSA) is 112 Å². The molecule has 5 rings (SSSR count). The Morgan fingerprint density at radius 3 is 2.43 bits per heavy atom. The standard InChI is InChI=1S/C26H28N6O2S/c1-2-28-15-17-3-5-19(6-4-17)25-31-32-26(34-25)23-24(27)29-16-22(30-23)18-7-9-20(10-8-18)35-21-11-13-33-14-12-21/h3-10,16,21,28H,2,11-15H2,1H3,(H2,27,29). The molecule has 2 aromatic carbocycles. The molecule has 180 valence electrons. The summed E-state index contributed by atoms with van der Waals surface area (Å²) in [5.41, 5.74) is 10.2. The van der Waals surface area contributed by atoms with Crippen LogP contribution in [0.1, 0.15) is 25.3 Å². The van der Waals surface area contributed by atoms with Crippen molar-refractivity contribution in [2.45, 2.75) is 36.5 Å². The summed E-state index contributed by atoms with van der Waals surface area (Å²) in [6.07, 6.45) is 3.84. The molecule has 35 heavy (non-hydrogen) atoms. The van der Waals surface area contributed by atoms with E-state index in [1.165, 1.54) is 10.5 Å². The van der Waals surface area contributed by atoms with E-state index in [1.807, 2.05) is 36.0 Å². The summed E-state index contributed by atoms with van der Waals surface area (Å²) in [6, 6.07) is 16.4. The van der Waals surface area contributed by atoms with Crippen LogP contribution < -0.4 is 11.1 Å². The van der Waals surface area contributed by atoms with E-state index in [-0.39, 0.29) is 11.7 Å². The van der Waals surface area contributed by atoms with E-state index in [4.69, 9.17) is 19.9 Å². The molecule has 0 radical (unpaired) electrons. The third-order valence-electron chi connectivity index (χ3n) is 5.83. The molecule has 0 unspecified atom stereocenters. The molecule has 0 amide bonds. The molecule has 2 aromatic heterocycles. The highest BCUT2D eigenvalue weighted by atomic mass is 32.2. The molecule has 0 aliphatic carbocycles. The van der Waals surface area contributed by atoms with Crippen molar-refractivity contribution < 1.29 is 9.15 Å². The van der Waals surface area contributed by atoms with Gasteiger partial charge in [0.1, 0.15) is 0 Å². The molecule has 9 heteroatoms. The number of nitrogens with zero attached hydrogens (tertiary/aromatic N) is 4. The van der Waals surface area contributed by atoms with Crippen molar-refractivity contribution in [3.8, 4) is 34.3 Å². The molecular weight excluding hydrogens is 460 g/mol. The van der Waals surface area contributed by atoms with E-state index in [1.54, 1.807) is 6.20 Å². The maximum atomic E-state index is 6.12. The molecule has 1 saturated heterocycles. The van der Waals surface area contributed by atoms with Crippen LogP contribution in [-0.2, 0) is 11.3 Å². The van der Waals surface area contributed by atoms with Gasteiger partial charge in [-0.2, -0.15) is 0 Å². The molecule has 1 fully saturated rings. The minimum absolute atomic E-state index is 0.246. The van der Waals surface area contributed by atoms with Crippen molar-refractivity contribution in [1.82, 2.24) is 25.5 Å². The monoisotopic (exact) mass is 488 g/mol. The van der Waals surface area contributed by atoms with Crippen LogP contribution in [0.3, 0.4) is 0 Å². The molecule has 0 saturated carbocycles. The lowest BCUT2D eigenvalue weighted by molar-refractivity contribution is 0.100. The highest BCUT2D eigenvalue weighted by Crippen LogP contribution is 2.32. The number of anilines is 1. The van der Waals surface area contributed by atoms with E-state index < -0.39 is 0 Å².